The summed E-state index contributed by atoms with van der Waals surface area (Å²) in [6.45, 7) is 5.98. The monoisotopic (exact) mass is 283 g/mol. The van der Waals surface area contributed by atoms with Gasteiger partial charge in [-0.3, -0.25) is 4.79 Å². The molecule has 102 valence electrons. The van der Waals surface area contributed by atoms with Gasteiger partial charge in [-0.2, -0.15) is 0 Å². The van der Waals surface area contributed by atoms with Gasteiger partial charge in [0.05, 0.1) is 10.3 Å². The van der Waals surface area contributed by atoms with Crippen LogP contribution >= 0.6 is 11.3 Å². The second-order valence-electron chi connectivity index (χ2n) is 5.71. The molecule has 2 heterocycles. The molecule has 0 saturated heterocycles. The topological polar surface area (TPSA) is 32.9 Å². The number of thiophene rings is 1. The molecule has 0 radical (unpaired) electrons. The Morgan fingerprint density at radius 2 is 1.95 bits per heavy atom. The maximum atomic E-state index is 12.7. The summed E-state index contributed by atoms with van der Waals surface area (Å²) in [6.07, 6.45) is 0. The average Bonchev–Trinajstić information content (AvgIpc) is 3.03. The first kappa shape index (κ1) is 13.1. The highest BCUT2D eigenvalue weighted by molar-refractivity contribution is 7.12. The van der Waals surface area contributed by atoms with Gasteiger partial charge in [0, 0.05) is 11.2 Å². The number of hydrogen-bond acceptors (Lipinski definition) is 2. The highest BCUT2D eigenvalue weighted by Crippen LogP contribution is 2.31. The number of benzene rings is 1. The number of aromatic amines is 1. The molecule has 0 unspecified atom stereocenters. The number of ketones is 1. The molecule has 0 amide bonds. The summed E-state index contributed by atoms with van der Waals surface area (Å²) >= 11 is 1.52. The van der Waals surface area contributed by atoms with Gasteiger partial charge in [0.2, 0.25) is 0 Å². The molecule has 1 N–H and O–H groups in total. The normalized spacial score (nSPS) is 11.9. The fourth-order valence-corrected chi connectivity index (χ4v) is 3.39. The molecule has 0 bridgehead atoms. The second kappa shape index (κ2) is 4.60. The third-order valence-electron chi connectivity index (χ3n) is 3.73. The first-order valence-electron chi connectivity index (χ1n) is 6.66. The van der Waals surface area contributed by atoms with Crippen LogP contribution < -0.4 is 0 Å². The first-order chi connectivity index (χ1) is 9.48. The molecule has 0 saturated carbocycles. The van der Waals surface area contributed by atoms with Crippen LogP contribution in [0.1, 0.15) is 34.8 Å². The molecule has 0 fully saturated rings. The molecule has 1 aromatic carbocycles. The molecular weight excluding hydrogens is 266 g/mol. The van der Waals surface area contributed by atoms with Crippen LogP contribution in [0.25, 0.3) is 10.9 Å². The van der Waals surface area contributed by atoms with Crippen molar-refractivity contribution in [2.75, 3.05) is 0 Å². The molecular formula is C17H17NOS. The number of para-hydroxylation sites is 1. The van der Waals surface area contributed by atoms with Crippen LogP contribution in [0.15, 0.2) is 41.8 Å². The van der Waals surface area contributed by atoms with Crippen LogP contribution in [0.3, 0.4) is 0 Å². The fraction of sp³-hybridized carbons (Fsp3) is 0.235. The predicted molar refractivity (Wildman–Crippen MR) is 84.7 cm³/mol. The van der Waals surface area contributed by atoms with Gasteiger partial charge in [-0.1, -0.05) is 18.2 Å². The largest absolute Gasteiger partial charge is 0.358 e. The Morgan fingerprint density at radius 3 is 2.60 bits per heavy atom. The number of carbonyl (C=O) groups is 1. The van der Waals surface area contributed by atoms with Gasteiger partial charge in [0.25, 0.3) is 0 Å². The molecule has 0 aliphatic rings. The lowest BCUT2D eigenvalue weighted by atomic mass is 9.83. The highest BCUT2D eigenvalue weighted by Gasteiger charge is 2.33. The number of hydrogen-bond donors (Lipinski definition) is 1. The summed E-state index contributed by atoms with van der Waals surface area (Å²) in [5.74, 6) is 0.169. The van der Waals surface area contributed by atoms with Crippen LogP contribution in [0.4, 0.5) is 0 Å². The van der Waals surface area contributed by atoms with Crippen molar-refractivity contribution in [1.29, 1.82) is 0 Å². The van der Waals surface area contributed by atoms with Crippen LogP contribution in [0.5, 0.6) is 0 Å². The minimum atomic E-state index is -0.545. The smallest absolute Gasteiger partial charge is 0.184 e. The van der Waals surface area contributed by atoms with Crippen molar-refractivity contribution < 1.29 is 4.79 Å². The Bertz CT molecular complexity index is 746. The van der Waals surface area contributed by atoms with Gasteiger partial charge < -0.3 is 4.98 Å². The van der Waals surface area contributed by atoms with Crippen molar-refractivity contribution in [1.82, 2.24) is 4.98 Å². The van der Waals surface area contributed by atoms with E-state index in [1.54, 1.807) is 0 Å². The molecule has 2 aromatic heterocycles. The molecule has 2 nitrogen and oxygen atoms in total. The number of fused-ring (bicyclic) bond motifs is 1. The van der Waals surface area contributed by atoms with Gasteiger partial charge in [-0.25, -0.2) is 0 Å². The Balaban J connectivity index is 2.04. The van der Waals surface area contributed by atoms with Gasteiger partial charge in [-0.15, -0.1) is 11.3 Å². The number of carbonyl (C=O) groups excluding carboxylic acids is 1. The van der Waals surface area contributed by atoms with Crippen molar-refractivity contribution in [3.05, 3.63) is 57.9 Å². The number of nitrogens with one attached hydrogen (secondary N) is 1. The summed E-state index contributed by atoms with van der Waals surface area (Å²) in [4.78, 5) is 16.9. The second-order valence-corrected chi connectivity index (χ2v) is 6.62. The van der Waals surface area contributed by atoms with E-state index in [0.29, 0.717) is 0 Å². The predicted octanol–water partition coefficient (Wildman–Crippen LogP) is 4.70. The van der Waals surface area contributed by atoms with Crippen molar-refractivity contribution >= 4 is 28.0 Å². The summed E-state index contributed by atoms with van der Waals surface area (Å²) in [6, 6.07) is 12.2. The van der Waals surface area contributed by atoms with Crippen molar-refractivity contribution in [2.24, 2.45) is 0 Å². The summed E-state index contributed by atoms with van der Waals surface area (Å²) < 4.78 is 0. The average molecular weight is 283 g/mol. The lowest BCUT2D eigenvalue weighted by Gasteiger charge is -2.21. The lowest BCUT2D eigenvalue weighted by Crippen LogP contribution is -2.28. The number of aryl methyl sites for hydroxylation is 1. The van der Waals surface area contributed by atoms with E-state index in [-0.39, 0.29) is 5.78 Å². The van der Waals surface area contributed by atoms with E-state index in [4.69, 9.17) is 0 Å². The van der Waals surface area contributed by atoms with Gasteiger partial charge in [-0.05, 0) is 55.3 Å². The van der Waals surface area contributed by atoms with Crippen LogP contribution in [0, 0.1) is 6.92 Å². The van der Waals surface area contributed by atoms with Crippen molar-refractivity contribution in [2.45, 2.75) is 26.2 Å². The Kier molecular flexibility index (Phi) is 3.02. The van der Waals surface area contributed by atoms with Gasteiger partial charge in [0.15, 0.2) is 5.78 Å². The minimum Gasteiger partial charge on any atom is -0.358 e. The standard InChI is InChI=1S/C17H17NOS/c1-11-8-14(20-10-11)16(19)17(2,3)15-9-12-6-4-5-7-13(12)18-15/h4-10,18H,1-3H3. The molecule has 0 atom stereocenters. The third-order valence-corrected chi connectivity index (χ3v) is 4.77. The zero-order valence-electron chi connectivity index (χ0n) is 11.9. The Morgan fingerprint density at radius 1 is 1.20 bits per heavy atom. The number of rotatable bonds is 3. The maximum Gasteiger partial charge on any atom is 0.184 e. The molecule has 0 spiro atoms. The number of aromatic nitrogens is 1. The molecule has 3 aromatic rings. The van der Waals surface area contributed by atoms with Gasteiger partial charge in [0.1, 0.15) is 0 Å². The quantitative estimate of drug-likeness (QED) is 0.694. The number of Topliss-reactive ketones (excluding diaryl/α,β-unsaturated/α-hetero) is 1. The van der Waals surface area contributed by atoms with E-state index >= 15 is 0 Å². The van der Waals surface area contributed by atoms with E-state index in [1.807, 2.05) is 50.4 Å². The van der Waals surface area contributed by atoms with Crippen molar-refractivity contribution in [3.8, 4) is 0 Å². The number of H-pyrrole nitrogens is 1. The van der Waals surface area contributed by atoms with Crippen LogP contribution in [0.2, 0.25) is 0 Å². The van der Waals surface area contributed by atoms with Gasteiger partial charge >= 0.3 is 0 Å². The zero-order valence-corrected chi connectivity index (χ0v) is 12.7. The molecule has 3 heteroatoms. The molecule has 3 rings (SSSR count). The Hall–Kier alpha value is -1.87. The Labute approximate surface area is 122 Å². The summed E-state index contributed by atoms with van der Waals surface area (Å²) in [5.41, 5.74) is 2.64. The van der Waals surface area contributed by atoms with Crippen LogP contribution in [-0.2, 0) is 5.41 Å². The first-order valence-corrected chi connectivity index (χ1v) is 7.54. The van der Waals surface area contributed by atoms with E-state index in [1.165, 1.54) is 11.3 Å². The van der Waals surface area contributed by atoms with Crippen molar-refractivity contribution in [3.63, 3.8) is 0 Å². The molecule has 0 aliphatic heterocycles. The summed E-state index contributed by atoms with van der Waals surface area (Å²) in [5, 5.41) is 3.17. The molecule has 20 heavy (non-hydrogen) atoms. The maximum absolute atomic E-state index is 12.7. The zero-order chi connectivity index (χ0) is 14.3. The highest BCUT2D eigenvalue weighted by atomic mass is 32.1. The molecule has 0 aliphatic carbocycles. The van der Waals surface area contributed by atoms with E-state index < -0.39 is 5.41 Å². The van der Waals surface area contributed by atoms with E-state index in [9.17, 15) is 4.79 Å². The lowest BCUT2D eigenvalue weighted by molar-refractivity contribution is 0.0910. The van der Waals surface area contributed by atoms with E-state index in [0.717, 1.165) is 27.0 Å². The fourth-order valence-electron chi connectivity index (χ4n) is 2.39. The SMILES string of the molecule is Cc1csc(C(=O)C(C)(C)c2cc3ccccc3[nH]2)c1. The minimum absolute atomic E-state index is 0.169. The third kappa shape index (κ3) is 2.08. The van der Waals surface area contributed by atoms with E-state index in [2.05, 4.69) is 17.1 Å². The van der Waals surface area contributed by atoms with Crippen LogP contribution in [-0.4, -0.2) is 10.8 Å². The summed E-state index contributed by atoms with van der Waals surface area (Å²) in [7, 11) is 0.